The molecule has 0 aliphatic carbocycles. The minimum absolute atomic E-state index is 0.0317. The third kappa shape index (κ3) is 3.68. The van der Waals surface area contributed by atoms with Crippen molar-refractivity contribution < 1.29 is 9.13 Å². The number of hydrogen-bond acceptors (Lipinski definition) is 2. The zero-order valence-corrected chi connectivity index (χ0v) is 10.8. The summed E-state index contributed by atoms with van der Waals surface area (Å²) in [5, 5.41) is 0. The van der Waals surface area contributed by atoms with Gasteiger partial charge in [-0.2, -0.15) is 0 Å². The van der Waals surface area contributed by atoms with E-state index in [2.05, 4.69) is 0 Å². The Morgan fingerprint density at radius 3 is 2.68 bits per heavy atom. The second-order valence-electron chi connectivity index (χ2n) is 4.35. The minimum Gasteiger partial charge on any atom is -0.494 e. The number of aromatic nitrogens is 1. The molecule has 0 fully saturated rings. The molecule has 0 atom stereocenters. The molecule has 0 unspecified atom stereocenters. The van der Waals surface area contributed by atoms with Gasteiger partial charge in [-0.1, -0.05) is 6.07 Å². The van der Waals surface area contributed by atoms with Crippen LogP contribution in [-0.4, -0.2) is 11.2 Å². The zero-order valence-electron chi connectivity index (χ0n) is 10.8. The highest BCUT2D eigenvalue weighted by molar-refractivity contribution is 5.21. The summed E-state index contributed by atoms with van der Waals surface area (Å²) < 4.78 is 19.8. The van der Waals surface area contributed by atoms with Crippen LogP contribution in [0.4, 0.5) is 4.39 Å². The Balaban J connectivity index is 1.82. The van der Waals surface area contributed by atoms with Crippen LogP contribution >= 0.6 is 0 Å². The summed E-state index contributed by atoms with van der Waals surface area (Å²) in [5.74, 6) is 0.358. The van der Waals surface area contributed by atoms with Crippen molar-refractivity contribution in [2.24, 2.45) is 0 Å². The maximum Gasteiger partial charge on any atom is 0.253 e. The summed E-state index contributed by atoms with van der Waals surface area (Å²) in [6, 6.07) is 9.56. The molecule has 2 rings (SSSR count). The van der Waals surface area contributed by atoms with E-state index >= 15 is 0 Å². The number of benzene rings is 1. The van der Waals surface area contributed by atoms with Crippen molar-refractivity contribution in [1.29, 1.82) is 0 Å². The molecule has 0 spiro atoms. The average molecular weight is 261 g/mol. The summed E-state index contributed by atoms with van der Waals surface area (Å²) in [6.45, 7) is 2.90. The largest absolute Gasteiger partial charge is 0.494 e. The van der Waals surface area contributed by atoms with E-state index in [-0.39, 0.29) is 11.4 Å². The summed E-state index contributed by atoms with van der Waals surface area (Å²) in [5.41, 5.74) is 0.770. The fourth-order valence-corrected chi connectivity index (χ4v) is 1.79. The predicted molar refractivity (Wildman–Crippen MR) is 72.0 cm³/mol. The average Bonchev–Trinajstić information content (AvgIpc) is 2.41. The van der Waals surface area contributed by atoms with Gasteiger partial charge in [-0.3, -0.25) is 4.79 Å². The molecule has 2 aromatic rings. The van der Waals surface area contributed by atoms with Gasteiger partial charge in [0, 0.05) is 18.3 Å². The van der Waals surface area contributed by atoms with E-state index in [0.717, 1.165) is 12.0 Å². The van der Waals surface area contributed by atoms with Crippen molar-refractivity contribution in [2.45, 2.75) is 19.9 Å². The van der Waals surface area contributed by atoms with Gasteiger partial charge in [-0.05, 0) is 43.7 Å². The van der Waals surface area contributed by atoms with Crippen LogP contribution in [0.1, 0.15) is 12.0 Å². The molecule has 0 saturated heterocycles. The van der Waals surface area contributed by atoms with Gasteiger partial charge in [0.25, 0.3) is 5.56 Å². The third-order valence-corrected chi connectivity index (χ3v) is 2.84. The number of rotatable bonds is 5. The Hall–Kier alpha value is -2.10. The fourth-order valence-electron chi connectivity index (χ4n) is 1.79. The first-order chi connectivity index (χ1) is 9.16. The number of aryl methyl sites for hydroxylation is 2. The van der Waals surface area contributed by atoms with E-state index in [1.54, 1.807) is 35.9 Å². The Morgan fingerprint density at radius 2 is 1.95 bits per heavy atom. The Kier molecular flexibility index (Phi) is 4.34. The number of nitrogens with zero attached hydrogens (tertiary/aromatic N) is 1. The first-order valence-corrected chi connectivity index (χ1v) is 6.21. The lowest BCUT2D eigenvalue weighted by Gasteiger charge is -2.08. The second-order valence-corrected chi connectivity index (χ2v) is 4.35. The third-order valence-electron chi connectivity index (χ3n) is 2.84. The van der Waals surface area contributed by atoms with Crippen LogP contribution in [0.25, 0.3) is 0 Å². The van der Waals surface area contributed by atoms with Crippen molar-refractivity contribution in [3.8, 4) is 5.75 Å². The van der Waals surface area contributed by atoms with E-state index in [4.69, 9.17) is 4.74 Å². The lowest BCUT2D eigenvalue weighted by molar-refractivity contribution is 0.300. The quantitative estimate of drug-likeness (QED) is 0.775. The maximum atomic E-state index is 12.7. The molecule has 0 saturated carbocycles. The van der Waals surface area contributed by atoms with Crippen LogP contribution in [0, 0.1) is 12.7 Å². The Morgan fingerprint density at radius 1 is 1.21 bits per heavy atom. The van der Waals surface area contributed by atoms with Gasteiger partial charge in [0.15, 0.2) is 0 Å². The van der Waals surface area contributed by atoms with Gasteiger partial charge in [-0.15, -0.1) is 0 Å². The molecule has 3 nitrogen and oxygen atoms in total. The van der Waals surface area contributed by atoms with E-state index in [9.17, 15) is 9.18 Å². The van der Waals surface area contributed by atoms with Gasteiger partial charge in [0.2, 0.25) is 0 Å². The van der Waals surface area contributed by atoms with E-state index < -0.39 is 0 Å². The Bertz CT molecular complexity index is 590. The van der Waals surface area contributed by atoms with Gasteiger partial charge >= 0.3 is 0 Å². The van der Waals surface area contributed by atoms with E-state index in [1.165, 1.54) is 12.1 Å². The van der Waals surface area contributed by atoms with Crippen LogP contribution in [0.3, 0.4) is 0 Å². The molecule has 0 radical (unpaired) electrons. The van der Waals surface area contributed by atoms with Crippen molar-refractivity contribution >= 4 is 0 Å². The molecule has 1 aromatic heterocycles. The van der Waals surface area contributed by atoms with Crippen LogP contribution in [0.15, 0.2) is 47.4 Å². The second kappa shape index (κ2) is 6.18. The topological polar surface area (TPSA) is 31.2 Å². The molecule has 4 heteroatoms. The SMILES string of the molecule is Cc1cccn(CCCOc2ccc(F)cc2)c1=O. The highest BCUT2D eigenvalue weighted by Gasteiger charge is 1.99. The van der Waals surface area contributed by atoms with Gasteiger partial charge in [0.1, 0.15) is 11.6 Å². The smallest absolute Gasteiger partial charge is 0.253 e. The van der Waals surface area contributed by atoms with Crippen LogP contribution in [0.2, 0.25) is 0 Å². The number of pyridine rings is 1. The van der Waals surface area contributed by atoms with Gasteiger partial charge in [-0.25, -0.2) is 4.39 Å². The lowest BCUT2D eigenvalue weighted by Crippen LogP contribution is -2.22. The summed E-state index contributed by atoms with van der Waals surface area (Å²) in [4.78, 5) is 11.8. The normalized spacial score (nSPS) is 10.4. The molecule has 0 N–H and O–H groups in total. The van der Waals surface area contributed by atoms with E-state index in [1.807, 2.05) is 6.07 Å². The minimum atomic E-state index is -0.279. The standard InChI is InChI=1S/C15H16FNO2/c1-12-4-2-9-17(15(12)18)10-3-11-19-14-7-5-13(16)6-8-14/h2,4-9H,3,10-11H2,1H3. The van der Waals surface area contributed by atoms with Crippen molar-refractivity contribution in [1.82, 2.24) is 4.57 Å². The molecule has 100 valence electrons. The maximum absolute atomic E-state index is 12.7. The number of halogens is 1. The first kappa shape index (κ1) is 13.3. The molecule has 1 heterocycles. The number of ether oxygens (including phenoxy) is 1. The number of hydrogen-bond donors (Lipinski definition) is 0. The van der Waals surface area contributed by atoms with Gasteiger partial charge in [0.05, 0.1) is 6.61 Å². The Labute approximate surface area is 111 Å². The summed E-state index contributed by atoms with van der Waals surface area (Å²) in [7, 11) is 0. The van der Waals surface area contributed by atoms with Crippen molar-refractivity contribution in [3.05, 3.63) is 64.3 Å². The highest BCUT2D eigenvalue weighted by Crippen LogP contribution is 2.11. The molecular weight excluding hydrogens is 245 g/mol. The zero-order chi connectivity index (χ0) is 13.7. The van der Waals surface area contributed by atoms with Crippen LogP contribution in [0.5, 0.6) is 5.75 Å². The first-order valence-electron chi connectivity index (χ1n) is 6.21. The molecule has 0 bridgehead atoms. The molecule has 1 aromatic carbocycles. The summed E-state index contributed by atoms with van der Waals surface area (Å²) >= 11 is 0. The fraction of sp³-hybridized carbons (Fsp3) is 0.267. The van der Waals surface area contributed by atoms with Crippen LogP contribution < -0.4 is 10.3 Å². The van der Waals surface area contributed by atoms with Crippen LogP contribution in [-0.2, 0) is 6.54 Å². The molecular formula is C15H16FNO2. The summed E-state index contributed by atoms with van der Waals surface area (Å²) in [6.07, 6.45) is 2.49. The molecule has 0 amide bonds. The molecule has 19 heavy (non-hydrogen) atoms. The van der Waals surface area contributed by atoms with Gasteiger partial charge < -0.3 is 9.30 Å². The lowest BCUT2D eigenvalue weighted by atomic mass is 10.3. The van der Waals surface area contributed by atoms with E-state index in [0.29, 0.717) is 18.9 Å². The van der Waals surface area contributed by atoms with Crippen molar-refractivity contribution in [3.63, 3.8) is 0 Å². The predicted octanol–water partition coefficient (Wildman–Crippen LogP) is 2.76. The monoisotopic (exact) mass is 261 g/mol. The molecule has 0 aliphatic heterocycles. The van der Waals surface area contributed by atoms with Crippen molar-refractivity contribution in [2.75, 3.05) is 6.61 Å². The molecule has 0 aliphatic rings. The highest BCUT2D eigenvalue weighted by atomic mass is 19.1.